The average Bonchev–Trinajstić information content (AvgIpc) is 3.39. The third-order valence-electron chi connectivity index (χ3n) is 5.97. The molecule has 7 nitrogen and oxygen atoms in total. The Balaban J connectivity index is 1.57. The lowest BCUT2D eigenvalue weighted by molar-refractivity contribution is -0.148. The largest absolute Gasteiger partial charge is 0.351 e. The molecule has 3 aromatic heterocycles. The van der Waals surface area contributed by atoms with Crippen molar-refractivity contribution in [3.63, 3.8) is 0 Å². The summed E-state index contributed by atoms with van der Waals surface area (Å²) in [6, 6.07) is 10.5. The number of anilines is 1. The van der Waals surface area contributed by atoms with Crippen LogP contribution in [0.1, 0.15) is 63.5 Å². The van der Waals surface area contributed by atoms with Crippen LogP contribution in [0.2, 0.25) is 0 Å². The van der Waals surface area contributed by atoms with E-state index in [9.17, 15) is 5.11 Å². The van der Waals surface area contributed by atoms with Crippen molar-refractivity contribution in [2.75, 3.05) is 5.32 Å². The van der Waals surface area contributed by atoms with E-state index >= 15 is 0 Å². The second-order valence-electron chi connectivity index (χ2n) is 9.52. The van der Waals surface area contributed by atoms with Gasteiger partial charge < -0.3 is 19.7 Å². The fourth-order valence-electron chi connectivity index (χ4n) is 4.81. The molecule has 5 rings (SSSR count). The molecule has 3 aromatic rings. The lowest BCUT2D eigenvalue weighted by atomic mass is 10.1. The second-order valence-corrected chi connectivity index (χ2v) is 9.52. The first-order valence-electron chi connectivity index (χ1n) is 10.9. The number of aryl methyl sites for hydroxylation is 1. The predicted octanol–water partition coefficient (Wildman–Crippen LogP) is 4.64. The van der Waals surface area contributed by atoms with Gasteiger partial charge in [-0.05, 0) is 71.2 Å². The summed E-state index contributed by atoms with van der Waals surface area (Å²) in [7, 11) is 0. The van der Waals surface area contributed by atoms with Gasteiger partial charge in [0, 0.05) is 29.4 Å². The normalized spacial score (nSPS) is 20.7. The Morgan fingerprint density at radius 2 is 2.03 bits per heavy atom. The maximum absolute atomic E-state index is 10.3. The van der Waals surface area contributed by atoms with E-state index in [1.54, 1.807) is 6.20 Å². The lowest BCUT2D eigenvalue weighted by Crippen LogP contribution is -2.32. The third kappa shape index (κ3) is 3.83. The van der Waals surface area contributed by atoms with Crippen molar-refractivity contribution in [3.8, 4) is 22.6 Å². The standard InChI is InChI=1S/C24H29N5O2/c1-14-6-5-7-18(26-14)20-21(29-17-9-8-16(12-17)22(29)28-20)15-10-11-25-19(13-15)27-23(30)31-24(2,3)4/h5-7,10-11,13,16-17,23,30H,8-9,12H2,1-4H3,(H,25,27). The zero-order chi connectivity index (χ0) is 21.8. The number of pyridine rings is 2. The van der Waals surface area contributed by atoms with E-state index in [2.05, 4.69) is 14.9 Å². The summed E-state index contributed by atoms with van der Waals surface area (Å²) >= 11 is 0. The zero-order valence-corrected chi connectivity index (χ0v) is 18.5. The summed E-state index contributed by atoms with van der Waals surface area (Å²) < 4.78 is 7.98. The highest BCUT2D eigenvalue weighted by Gasteiger charge is 2.41. The lowest BCUT2D eigenvalue weighted by Gasteiger charge is -2.24. The molecular formula is C24H29N5O2. The van der Waals surface area contributed by atoms with Crippen molar-refractivity contribution < 1.29 is 9.84 Å². The van der Waals surface area contributed by atoms with Crippen LogP contribution in [0.5, 0.6) is 0 Å². The van der Waals surface area contributed by atoms with Gasteiger partial charge in [-0.25, -0.2) is 9.97 Å². The number of nitrogens with one attached hydrogen (secondary N) is 1. The zero-order valence-electron chi connectivity index (χ0n) is 18.5. The van der Waals surface area contributed by atoms with Crippen molar-refractivity contribution >= 4 is 5.82 Å². The minimum Gasteiger partial charge on any atom is -0.351 e. The number of nitrogens with zero attached hydrogens (tertiary/aromatic N) is 4. The Kier molecular flexibility index (Phi) is 4.83. The average molecular weight is 420 g/mol. The van der Waals surface area contributed by atoms with Crippen LogP contribution in [-0.2, 0) is 4.74 Å². The fourth-order valence-corrected chi connectivity index (χ4v) is 4.81. The Morgan fingerprint density at radius 3 is 2.81 bits per heavy atom. The van der Waals surface area contributed by atoms with Gasteiger partial charge in [-0.3, -0.25) is 4.98 Å². The number of fused-ring (bicyclic) bond motifs is 5. The molecule has 2 N–H and O–H groups in total. The molecule has 0 amide bonds. The summed E-state index contributed by atoms with van der Waals surface area (Å²) in [5.74, 6) is 2.26. The number of rotatable bonds is 5. The third-order valence-corrected chi connectivity index (χ3v) is 5.97. The van der Waals surface area contributed by atoms with Gasteiger partial charge in [-0.1, -0.05) is 6.07 Å². The van der Waals surface area contributed by atoms with Gasteiger partial charge in [0.05, 0.1) is 17.0 Å². The molecule has 162 valence electrons. The first kappa shape index (κ1) is 20.2. The highest BCUT2D eigenvalue weighted by molar-refractivity contribution is 5.79. The highest BCUT2D eigenvalue weighted by Crippen LogP contribution is 2.52. The van der Waals surface area contributed by atoms with Crippen molar-refractivity contribution in [2.24, 2.45) is 0 Å². The molecule has 1 aliphatic heterocycles. The minimum atomic E-state index is -1.15. The summed E-state index contributed by atoms with van der Waals surface area (Å²) in [5.41, 5.74) is 4.39. The van der Waals surface area contributed by atoms with E-state index in [1.807, 2.05) is 58.0 Å². The molecule has 0 saturated heterocycles. The van der Waals surface area contributed by atoms with Crippen LogP contribution in [0.3, 0.4) is 0 Å². The molecule has 3 unspecified atom stereocenters. The Labute approximate surface area is 182 Å². The monoisotopic (exact) mass is 419 g/mol. The van der Waals surface area contributed by atoms with E-state index in [-0.39, 0.29) is 0 Å². The van der Waals surface area contributed by atoms with Crippen LogP contribution in [0.4, 0.5) is 5.82 Å². The number of aliphatic hydroxyl groups is 1. The Bertz CT molecular complexity index is 1120. The smallest absolute Gasteiger partial charge is 0.237 e. The molecule has 2 bridgehead atoms. The van der Waals surface area contributed by atoms with Crippen molar-refractivity contribution in [2.45, 2.75) is 70.9 Å². The SMILES string of the molecule is Cc1cccc(-c2nc3n(c2-c2ccnc(NC(O)OC(C)(C)C)c2)C2CCC3C2)n1. The van der Waals surface area contributed by atoms with Crippen molar-refractivity contribution in [3.05, 3.63) is 48.0 Å². The molecular weight excluding hydrogens is 390 g/mol. The highest BCUT2D eigenvalue weighted by atomic mass is 16.6. The maximum atomic E-state index is 10.3. The molecule has 7 heteroatoms. The van der Waals surface area contributed by atoms with Crippen LogP contribution in [0.15, 0.2) is 36.5 Å². The molecule has 1 aliphatic carbocycles. The quantitative estimate of drug-likeness (QED) is 0.586. The van der Waals surface area contributed by atoms with Crippen LogP contribution in [0.25, 0.3) is 22.6 Å². The summed E-state index contributed by atoms with van der Waals surface area (Å²) in [5, 5.41) is 13.2. The summed E-state index contributed by atoms with van der Waals surface area (Å²) in [6.07, 6.45) is 4.18. The Morgan fingerprint density at radius 1 is 1.19 bits per heavy atom. The molecule has 1 fully saturated rings. The van der Waals surface area contributed by atoms with Gasteiger partial charge in [0.25, 0.3) is 0 Å². The van der Waals surface area contributed by atoms with Crippen molar-refractivity contribution in [1.82, 2.24) is 19.5 Å². The number of hydrogen-bond acceptors (Lipinski definition) is 6. The molecule has 1 saturated carbocycles. The second kappa shape index (κ2) is 7.43. The van der Waals surface area contributed by atoms with E-state index in [4.69, 9.17) is 14.7 Å². The van der Waals surface area contributed by atoms with E-state index < -0.39 is 12.0 Å². The summed E-state index contributed by atoms with van der Waals surface area (Å²) in [6.45, 7) is 7.69. The van der Waals surface area contributed by atoms with Crippen LogP contribution in [-0.4, -0.2) is 36.6 Å². The Hall–Kier alpha value is -2.77. The van der Waals surface area contributed by atoms with Crippen LogP contribution in [0, 0.1) is 6.92 Å². The van der Waals surface area contributed by atoms with Crippen LogP contribution >= 0.6 is 0 Å². The van der Waals surface area contributed by atoms with Gasteiger partial charge in [0.15, 0.2) is 0 Å². The first-order chi connectivity index (χ1) is 14.8. The molecule has 3 atom stereocenters. The van der Waals surface area contributed by atoms with Crippen molar-refractivity contribution in [1.29, 1.82) is 0 Å². The maximum Gasteiger partial charge on any atom is 0.237 e. The van der Waals surface area contributed by atoms with Gasteiger partial charge in [0.2, 0.25) is 6.41 Å². The number of ether oxygens (including phenoxy) is 1. The van der Waals surface area contributed by atoms with Gasteiger partial charge >= 0.3 is 0 Å². The minimum absolute atomic E-state index is 0.473. The topological polar surface area (TPSA) is 85.1 Å². The van der Waals surface area contributed by atoms with E-state index in [0.717, 1.165) is 28.3 Å². The van der Waals surface area contributed by atoms with Gasteiger partial charge in [-0.15, -0.1) is 0 Å². The number of hydrogen-bond donors (Lipinski definition) is 2. The van der Waals surface area contributed by atoms with E-state index in [1.165, 1.54) is 25.1 Å². The molecule has 0 aromatic carbocycles. The van der Waals surface area contributed by atoms with Gasteiger partial charge in [0.1, 0.15) is 17.3 Å². The number of imidazole rings is 1. The molecule has 31 heavy (non-hydrogen) atoms. The molecule has 4 heterocycles. The number of aliphatic hydroxyl groups excluding tert-OH is 1. The molecule has 0 radical (unpaired) electrons. The summed E-state index contributed by atoms with van der Waals surface area (Å²) in [4.78, 5) is 14.2. The first-order valence-corrected chi connectivity index (χ1v) is 10.9. The van der Waals surface area contributed by atoms with E-state index in [0.29, 0.717) is 17.8 Å². The molecule has 2 aliphatic rings. The molecule has 0 spiro atoms. The number of aromatic nitrogens is 4. The van der Waals surface area contributed by atoms with Crippen LogP contribution < -0.4 is 5.32 Å². The predicted molar refractivity (Wildman–Crippen MR) is 120 cm³/mol. The van der Waals surface area contributed by atoms with Gasteiger partial charge in [-0.2, -0.15) is 0 Å². The fraction of sp³-hybridized carbons (Fsp3) is 0.458.